The number of carboxylic acid groups (broad SMARTS) is 2. The van der Waals surface area contributed by atoms with Crippen LogP contribution >= 0.6 is 0 Å². The van der Waals surface area contributed by atoms with Crippen molar-refractivity contribution in [3.05, 3.63) is 29.3 Å². The Morgan fingerprint density at radius 1 is 1.04 bits per heavy atom. The smallest absolute Gasteiger partial charge is 0.414 e. The molecule has 1 amide bonds. The molecule has 0 aromatic heterocycles. The second-order valence-electron chi connectivity index (χ2n) is 6.13. The molecule has 1 aromatic carbocycles. The van der Waals surface area contributed by atoms with Gasteiger partial charge in [0.05, 0.1) is 0 Å². The van der Waals surface area contributed by atoms with E-state index in [0.717, 1.165) is 30.9 Å². The Morgan fingerprint density at radius 3 is 2.20 bits per heavy atom. The summed E-state index contributed by atoms with van der Waals surface area (Å²) >= 11 is 0. The Hall–Kier alpha value is -2.41. The molecule has 0 aliphatic carbocycles. The third-order valence-electron chi connectivity index (χ3n) is 3.95. The number of carboxylic acids is 2. The first kappa shape index (κ1) is 20.6. The largest absolute Gasteiger partial charge is 0.473 e. The summed E-state index contributed by atoms with van der Waals surface area (Å²) in [5.74, 6) is -3.52. The zero-order valence-corrected chi connectivity index (χ0v) is 14.7. The first-order valence-electron chi connectivity index (χ1n) is 8.35. The molecular formula is C18H26N2O5. The van der Waals surface area contributed by atoms with Crippen LogP contribution in [0.4, 0.5) is 5.69 Å². The highest BCUT2D eigenvalue weighted by molar-refractivity contribution is 6.27. The zero-order chi connectivity index (χ0) is 18.8. The lowest BCUT2D eigenvalue weighted by atomic mass is 10.1. The van der Waals surface area contributed by atoms with E-state index in [1.54, 1.807) is 0 Å². The molecule has 2 rings (SSSR count). The average molecular weight is 350 g/mol. The molecule has 1 heterocycles. The van der Waals surface area contributed by atoms with Gasteiger partial charge in [0.15, 0.2) is 0 Å². The number of nitrogens with zero attached hydrogens (tertiary/aromatic N) is 1. The van der Waals surface area contributed by atoms with Gasteiger partial charge in [0, 0.05) is 18.7 Å². The van der Waals surface area contributed by atoms with Gasteiger partial charge in [-0.15, -0.1) is 0 Å². The van der Waals surface area contributed by atoms with E-state index >= 15 is 0 Å². The summed E-state index contributed by atoms with van der Waals surface area (Å²) in [5, 5.41) is 17.8. The maximum Gasteiger partial charge on any atom is 0.414 e. The summed E-state index contributed by atoms with van der Waals surface area (Å²) in [7, 11) is 0. The van der Waals surface area contributed by atoms with Crippen LogP contribution in [0.15, 0.2) is 18.2 Å². The molecule has 3 N–H and O–H groups in total. The molecular weight excluding hydrogens is 324 g/mol. The number of hydrogen-bond donors (Lipinski definition) is 3. The average Bonchev–Trinajstić information content (AvgIpc) is 2.58. The number of amides is 1. The van der Waals surface area contributed by atoms with Gasteiger partial charge in [0.1, 0.15) is 0 Å². The van der Waals surface area contributed by atoms with E-state index in [1.807, 2.05) is 19.9 Å². The van der Waals surface area contributed by atoms with Crippen LogP contribution in [0.1, 0.15) is 36.8 Å². The van der Waals surface area contributed by atoms with Gasteiger partial charge in [-0.05, 0) is 57.0 Å². The molecule has 25 heavy (non-hydrogen) atoms. The van der Waals surface area contributed by atoms with Crippen molar-refractivity contribution < 1.29 is 24.6 Å². The monoisotopic (exact) mass is 350 g/mol. The lowest BCUT2D eigenvalue weighted by Gasteiger charge is -2.26. The Bertz CT molecular complexity index is 597. The lowest BCUT2D eigenvalue weighted by Crippen LogP contribution is -2.32. The van der Waals surface area contributed by atoms with Crippen LogP contribution in [0.2, 0.25) is 0 Å². The Morgan fingerprint density at radius 2 is 1.64 bits per heavy atom. The van der Waals surface area contributed by atoms with Crippen molar-refractivity contribution in [3.8, 4) is 0 Å². The number of carbonyl (C=O) groups excluding carboxylic acids is 1. The highest BCUT2D eigenvalue weighted by Gasteiger charge is 2.12. The van der Waals surface area contributed by atoms with Gasteiger partial charge in [-0.2, -0.15) is 0 Å². The van der Waals surface area contributed by atoms with E-state index in [0.29, 0.717) is 6.42 Å². The summed E-state index contributed by atoms with van der Waals surface area (Å²) in [4.78, 5) is 32.6. The van der Waals surface area contributed by atoms with Crippen molar-refractivity contribution in [2.24, 2.45) is 0 Å². The standard InChI is InChI=1S/C16H24N2O.C2H2O4/c1-13-6-7-14(2)15(12-13)17-16(19)8-11-18-9-4-3-5-10-18;3-1(4)2(5)6/h6-7,12H,3-5,8-11H2,1-2H3,(H,17,19);(H,3,4)(H,5,6). The predicted octanol–water partition coefficient (Wildman–Crippen LogP) is 2.27. The molecule has 0 radical (unpaired) electrons. The minimum Gasteiger partial charge on any atom is -0.473 e. The lowest BCUT2D eigenvalue weighted by molar-refractivity contribution is -0.159. The fraction of sp³-hybridized carbons (Fsp3) is 0.500. The summed E-state index contributed by atoms with van der Waals surface area (Å²) in [6.07, 6.45) is 4.48. The van der Waals surface area contributed by atoms with Gasteiger partial charge in [0.2, 0.25) is 5.91 Å². The van der Waals surface area contributed by atoms with Gasteiger partial charge in [-0.3, -0.25) is 4.79 Å². The fourth-order valence-corrected chi connectivity index (χ4v) is 2.53. The van der Waals surface area contributed by atoms with Crippen LogP contribution in [0.25, 0.3) is 0 Å². The van der Waals surface area contributed by atoms with Gasteiger partial charge in [-0.1, -0.05) is 18.6 Å². The molecule has 1 fully saturated rings. The maximum absolute atomic E-state index is 12.0. The molecule has 138 valence electrons. The van der Waals surface area contributed by atoms with Crippen LogP contribution in [-0.4, -0.2) is 52.6 Å². The molecule has 0 spiro atoms. The number of carbonyl (C=O) groups is 3. The zero-order valence-electron chi connectivity index (χ0n) is 14.7. The van der Waals surface area contributed by atoms with Crippen LogP contribution in [0.5, 0.6) is 0 Å². The number of rotatable bonds is 4. The van der Waals surface area contributed by atoms with E-state index in [1.165, 1.54) is 24.8 Å². The molecule has 7 heteroatoms. The Labute approximate surface area is 147 Å². The molecule has 1 aliphatic heterocycles. The van der Waals surface area contributed by atoms with Crippen molar-refractivity contribution in [2.75, 3.05) is 25.0 Å². The van der Waals surface area contributed by atoms with Gasteiger partial charge >= 0.3 is 11.9 Å². The SMILES string of the molecule is Cc1ccc(C)c(NC(=O)CCN2CCCCC2)c1.O=C(O)C(=O)O. The Balaban J connectivity index is 0.000000450. The van der Waals surface area contributed by atoms with E-state index in [-0.39, 0.29) is 5.91 Å². The van der Waals surface area contributed by atoms with Crippen molar-refractivity contribution in [3.63, 3.8) is 0 Å². The number of nitrogens with one attached hydrogen (secondary N) is 1. The van der Waals surface area contributed by atoms with E-state index in [2.05, 4.69) is 22.3 Å². The first-order chi connectivity index (χ1) is 11.8. The van der Waals surface area contributed by atoms with Crippen LogP contribution in [-0.2, 0) is 14.4 Å². The number of aliphatic carboxylic acids is 2. The summed E-state index contributed by atoms with van der Waals surface area (Å²) in [6.45, 7) is 7.26. The van der Waals surface area contributed by atoms with Crippen molar-refractivity contribution in [1.29, 1.82) is 0 Å². The highest BCUT2D eigenvalue weighted by atomic mass is 16.4. The quantitative estimate of drug-likeness (QED) is 0.719. The Kier molecular flexibility index (Phi) is 8.63. The number of aryl methyl sites for hydroxylation is 2. The molecule has 0 atom stereocenters. The number of likely N-dealkylation sites (tertiary alicyclic amines) is 1. The number of benzene rings is 1. The summed E-state index contributed by atoms with van der Waals surface area (Å²) in [5.41, 5.74) is 3.25. The molecule has 1 aliphatic rings. The third-order valence-corrected chi connectivity index (χ3v) is 3.95. The number of hydrogen-bond acceptors (Lipinski definition) is 4. The summed E-state index contributed by atoms with van der Waals surface area (Å²) < 4.78 is 0. The van der Waals surface area contributed by atoms with Crippen molar-refractivity contribution in [1.82, 2.24) is 4.90 Å². The van der Waals surface area contributed by atoms with Crippen LogP contribution < -0.4 is 5.32 Å². The molecule has 1 aromatic rings. The van der Waals surface area contributed by atoms with Crippen LogP contribution in [0, 0.1) is 13.8 Å². The number of piperidine rings is 1. The topological polar surface area (TPSA) is 107 Å². The van der Waals surface area contributed by atoms with Crippen molar-refractivity contribution in [2.45, 2.75) is 39.5 Å². The minimum atomic E-state index is -1.82. The number of anilines is 1. The molecule has 1 saturated heterocycles. The van der Waals surface area contributed by atoms with Gasteiger partial charge in [0.25, 0.3) is 0 Å². The van der Waals surface area contributed by atoms with E-state index in [4.69, 9.17) is 19.8 Å². The summed E-state index contributed by atoms with van der Waals surface area (Å²) in [6, 6.07) is 6.16. The van der Waals surface area contributed by atoms with E-state index in [9.17, 15) is 4.79 Å². The minimum absolute atomic E-state index is 0.124. The second-order valence-corrected chi connectivity index (χ2v) is 6.13. The van der Waals surface area contributed by atoms with Crippen molar-refractivity contribution >= 4 is 23.5 Å². The van der Waals surface area contributed by atoms with E-state index < -0.39 is 11.9 Å². The third kappa shape index (κ3) is 8.30. The molecule has 7 nitrogen and oxygen atoms in total. The van der Waals surface area contributed by atoms with Crippen LogP contribution in [0.3, 0.4) is 0 Å². The first-order valence-corrected chi connectivity index (χ1v) is 8.35. The van der Waals surface area contributed by atoms with Gasteiger partial charge in [-0.25, -0.2) is 9.59 Å². The highest BCUT2D eigenvalue weighted by Crippen LogP contribution is 2.16. The molecule has 0 unspecified atom stereocenters. The molecule has 0 bridgehead atoms. The fourth-order valence-electron chi connectivity index (χ4n) is 2.53. The normalized spacial score (nSPS) is 14.2. The predicted molar refractivity (Wildman–Crippen MR) is 94.7 cm³/mol. The van der Waals surface area contributed by atoms with Gasteiger partial charge < -0.3 is 20.4 Å². The maximum atomic E-state index is 12.0. The second kappa shape index (κ2) is 10.5. The molecule has 0 saturated carbocycles.